The number of nitrogens with zero attached hydrogens (tertiary/aromatic N) is 2. The van der Waals surface area contributed by atoms with Gasteiger partial charge in [0.15, 0.2) is 0 Å². The molecule has 0 saturated heterocycles. The number of thioether (sulfide) groups is 1. The average Bonchev–Trinajstić information content (AvgIpc) is 2.15. The van der Waals surface area contributed by atoms with Gasteiger partial charge in [-0.05, 0) is 25.4 Å². The van der Waals surface area contributed by atoms with Crippen molar-refractivity contribution >= 4 is 17.6 Å². The summed E-state index contributed by atoms with van der Waals surface area (Å²) in [7, 11) is 2.10. The van der Waals surface area contributed by atoms with Crippen LogP contribution in [-0.2, 0) is 6.54 Å². The maximum Gasteiger partial charge on any atom is 0.123 e. The molecule has 0 radical (unpaired) electrons. The molecule has 0 aliphatic carbocycles. The number of rotatable bonds is 5. The van der Waals surface area contributed by atoms with Gasteiger partial charge in [-0.3, -0.25) is 4.90 Å². The highest BCUT2D eigenvalue weighted by atomic mass is 32.2. The number of nitrogens with two attached hydrogens (primary N) is 1. The Labute approximate surface area is 89.7 Å². The molecule has 1 rings (SSSR count). The van der Waals surface area contributed by atoms with Crippen molar-refractivity contribution in [3.8, 4) is 0 Å². The number of anilines is 1. The third-order valence-corrected chi connectivity index (χ3v) is 2.53. The first-order valence-corrected chi connectivity index (χ1v) is 6.00. The Kier molecular flexibility index (Phi) is 4.76. The minimum Gasteiger partial charge on any atom is -0.384 e. The largest absolute Gasteiger partial charge is 0.384 e. The molecule has 4 heteroatoms. The van der Waals surface area contributed by atoms with Crippen molar-refractivity contribution in [3.05, 3.63) is 23.9 Å². The van der Waals surface area contributed by atoms with Crippen molar-refractivity contribution in [3.63, 3.8) is 0 Å². The van der Waals surface area contributed by atoms with E-state index in [1.165, 1.54) is 0 Å². The van der Waals surface area contributed by atoms with E-state index in [0.717, 1.165) is 24.5 Å². The lowest BCUT2D eigenvalue weighted by molar-refractivity contribution is 0.344. The third-order valence-electron chi connectivity index (χ3n) is 1.94. The molecule has 78 valence electrons. The van der Waals surface area contributed by atoms with E-state index in [4.69, 9.17) is 5.73 Å². The molecule has 2 N–H and O–H groups in total. The molecule has 14 heavy (non-hydrogen) atoms. The van der Waals surface area contributed by atoms with E-state index in [1.54, 1.807) is 0 Å². The van der Waals surface area contributed by atoms with Crippen molar-refractivity contribution < 1.29 is 0 Å². The molecule has 1 aromatic rings. The van der Waals surface area contributed by atoms with E-state index in [9.17, 15) is 0 Å². The Bertz CT molecular complexity index is 278. The molecule has 3 nitrogen and oxygen atoms in total. The zero-order valence-electron chi connectivity index (χ0n) is 8.73. The lowest BCUT2D eigenvalue weighted by Crippen LogP contribution is -2.21. The van der Waals surface area contributed by atoms with Crippen LogP contribution in [0.4, 0.5) is 5.82 Å². The molecule has 0 fully saturated rings. The van der Waals surface area contributed by atoms with Crippen LogP contribution in [0.2, 0.25) is 0 Å². The van der Waals surface area contributed by atoms with Crippen LogP contribution in [0, 0.1) is 0 Å². The van der Waals surface area contributed by atoms with Crippen LogP contribution in [0.3, 0.4) is 0 Å². The smallest absolute Gasteiger partial charge is 0.123 e. The van der Waals surface area contributed by atoms with Crippen LogP contribution in [0.5, 0.6) is 0 Å². The molecule has 1 heterocycles. The van der Waals surface area contributed by atoms with Crippen LogP contribution in [0.15, 0.2) is 18.2 Å². The van der Waals surface area contributed by atoms with Gasteiger partial charge in [0.05, 0.1) is 5.69 Å². The lowest BCUT2D eigenvalue weighted by atomic mass is 10.3. The Hall–Kier alpha value is -0.740. The van der Waals surface area contributed by atoms with Gasteiger partial charge in [-0.2, -0.15) is 11.8 Å². The normalized spacial score (nSPS) is 10.8. The zero-order chi connectivity index (χ0) is 10.4. The van der Waals surface area contributed by atoms with Gasteiger partial charge in [0.25, 0.3) is 0 Å². The van der Waals surface area contributed by atoms with Crippen LogP contribution >= 0.6 is 11.8 Å². The first-order valence-electron chi connectivity index (χ1n) is 4.61. The lowest BCUT2D eigenvalue weighted by Gasteiger charge is -2.15. The monoisotopic (exact) mass is 211 g/mol. The first-order chi connectivity index (χ1) is 6.72. The Morgan fingerprint density at radius 2 is 2.29 bits per heavy atom. The Balaban J connectivity index is 2.43. The van der Waals surface area contributed by atoms with Crippen molar-refractivity contribution in [2.75, 3.05) is 31.3 Å². The molecular formula is C10H17N3S. The fourth-order valence-corrected chi connectivity index (χ4v) is 1.68. The summed E-state index contributed by atoms with van der Waals surface area (Å²) in [5.41, 5.74) is 6.64. The summed E-state index contributed by atoms with van der Waals surface area (Å²) in [6, 6.07) is 5.76. The fourth-order valence-electron chi connectivity index (χ4n) is 1.19. The van der Waals surface area contributed by atoms with Crippen molar-refractivity contribution in [1.82, 2.24) is 9.88 Å². The van der Waals surface area contributed by atoms with Gasteiger partial charge in [0.1, 0.15) is 5.82 Å². The highest BCUT2D eigenvalue weighted by molar-refractivity contribution is 7.98. The Morgan fingerprint density at radius 3 is 2.93 bits per heavy atom. The van der Waals surface area contributed by atoms with Gasteiger partial charge in [0.2, 0.25) is 0 Å². The van der Waals surface area contributed by atoms with Gasteiger partial charge >= 0.3 is 0 Å². The number of nitrogen functional groups attached to an aromatic ring is 1. The van der Waals surface area contributed by atoms with Crippen LogP contribution in [-0.4, -0.2) is 35.5 Å². The van der Waals surface area contributed by atoms with Crippen molar-refractivity contribution in [2.45, 2.75) is 6.54 Å². The molecule has 0 aliphatic heterocycles. The van der Waals surface area contributed by atoms with E-state index in [2.05, 4.69) is 23.2 Å². The summed E-state index contributed by atoms with van der Waals surface area (Å²) in [5.74, 6) is 1.75. The summed E-state index contributed by atoms with van der Waals surface area (Å²) in [6.45, 7) is 1.95. The van der Waals surface area contributed by atoms with E-state index in [1.807, 2.05) is 30.0 Å². The minimum absolute atomic E-state index is 0.598. The summed E-state index contributed by atoms with van der Waals surface area (Å²) >= 11 is 1.86. The quantitative estimate of drug-likeness (QED) is 0.800. The average molecular weight is 211 g/mol. The summed E-state index contributed by atoms with van der Waals surface area (Å²) in [6.07, 6.45) is 2.12. The molecule has 0 bridgehead atoms. The second-order valence-electron chi connectivity index (χ2n) is 3.28. The van der Waals surface area contributed by atoms with E-state index >= 15 is 0 Å². The molecule has 1 aromatic heterocycles. The van der Waals surface area contributed by atoms with Crippen LogP contribution < -0.4 is 5.73 Å². The molecule has 0 amide bonds. The van der Waals surface area contributed by atoms with Crippen molar-refractivity contribution in [2.24, 2.45) is 0 Å². The number of aromatic nitrogens is 1. The second kappa shape index (κ2) is 5.88. The van der Waals surface area contributed by atoms with Crippen LogP contribution in [0.25, 0.3) is 0 Å². The standard InChI is InChI=1S/C10H17N3S/c1-13(6-7-14-2)8-9-4-3-5-10(11)12-9/h3-5H,6-8H2,1-2H3,(H2,11,12). The maximum absolute atomic E-state index is 5.60. The molecule has 0 atom stereocenters. The first kappa shape index (κ1) is 11.3. The van der Waals surface area contributed by atoms with Gasteiger partial charge < -0.3 is 5.73 Å². The predicted molar refractivity (Wildman–Crippen MR) is 63.4 cm³/mol. The summed E-state index contributed by atoms with van der Waals surface area (Å²) in [5, 5.41) is 0. The highest BCUT2D eigenvalue weighted by Gasteiger charge is 2.00. The van der Waals surface area contributed by atoms with Gasteiger partial charge in [-0.1, -0.05) is 6.07 Å². The van der Waals surface area contributed by atoms with Gasteiger partial charge in [0, 0.05) is 18.8 Å². The minimum atomic E-state index is 0.598. The molecular weight excluding hydrogens is 194 g/mol. The second-order valence-corrected chi connectivity index (χ2v) is 4.27. The van der Waals surface area contributed by atoms with Gasteiger partial charge in [-0.25, -0.2) is 4.98 Å². The number of hydrogen-bond acceptors (Lipinski definition) is 4. The highest BCUT2D eigenvalue weighted by Crippen LogP contribution is 2.04. The number of hydrogen-bond donors (Lipinski definition) is 1. The predicted octanol–water partition coefficient (Wildman–Crippen LogP) is 1.46. The van der Waals surface area contributed by atoms with Gasteiger partial charge in [-0.15, -0.1) is 0 Å². The van der Waals surface area contributed by atoms with Crippen LogP contribution in [0.1, 0.15) is 5.69 Å². The van der Waals surface area contributed by atoms with Crippen molar-refractivity contribution in [1.29, 1.82) is 0 Å². The summed E-state index contributed by atoms with van der Waals surface area (Å²) < 4.78 is 0. The molecule has 0 spiro atoms. The topological polar surface area (TPSA) is 42.1 Å². The van der Waals surface area contributed by atoms with E-state index in [-0.39, 0.29) is 0 Å². The fraction of sp³-hybridized carbons (Fsp3) is 0.500. The summed E-state index contributed by atoms with van der Waals surface area (Å²) in [4.78, 5) is 6.50. The molecule has 0 aliphatic rings. The number of pyridine rings is 1. The maximum atomic E-state index is 5.60. The van der Waals surface area contributed by atoms with E-state index in [0.29, 0.717) is 5.82 Å². The Morgan fingerprint density at radius 1 is 1.50 bits per heavy atom. The molecule has 0 saturated carbocycles. The molecule has 0 unspecified atom stereocenters. The van der Waals surface area contributed by atoms with E-state index < -0.39 is 0 Å². The molecule has 0 aromatic carbocycles. The SMILES string of the molecule is CSCCN(C)Cc1cccc(N)n1. The third kappa shape index (κ3) is 3.98. The zero-order valence-corrected chi connectivity index (χ0v) is 9.55.